The number of rotatable bonds is 6. The van der Waals surface area contributed by atoms with Crippen molar-refractivity contribution < 1.29 is 0 Å². The molecule has 1 nitrogen and oxygen atoms in total. The van der Waals surface area contributed by atoms with E-state index in [0.29, 0.717) is 6.04 Å². The van der Waals surface area contributed by atoms with E-state index in [-0.39, 0.29) is 0 Å². The van der Waals surface area contributed by atoms with E-state index >= 15 is 0 Å². The highest BCUT2D eigenvalue weighted by Crippen LogP contribution is 2.23. The number of hydrogen-bond donors (Lipinski definition) is 1. The molecule has 1 atom stereocenters. The first-order valence-corrected chi connectivity index (χ1v) is 7.68. The minimum absolute atomic E-state index is 0.359. The van der Waals surface area contributed by atoms with Gasteiger partial charge in [0.05, 0.1) is 0 Å². The third-order valence-corrected chi connectivity index (χ3v) is 3.87. The SMILES string of the molecule is CCNC(Cc1ccc(Cl)cc1)c1ccccc1CC. The lowest BCUT2D eigenvalue weighted by molar-refractivity contribution is 0.546. The first-order chi connectivity index (χ1) is 9.74. The Hall–Kier alpha value is -1.31. The summed E-state index contributed by atoms with van der Waals surface area (Å²) in [5.74, 6) is 0. The van der Waals surface area contributed by atoms with Crippen molar-refractivity contribution in [3.8, 4) is 0 Å². The molecule has 2 heteroatoms. The van der Waals surface area contributed by atoms with Crippen LogP contribution in [0.1, 0.15) is 36.6 Å². The number of likely N-dealkylation sites (N-methyl/N-ethyl adjacent to an activating group) is 1. The molecule has 0 aliphatic rings. The van der Waals surface area contributed by atoms with Crippen molar-refractivity contribution in [3.05, 3.63) is 70.2 Å². The van der Waals surface area contributed by atoms with Crippen molar-refractivity contribution in [2.75, 3.05) is 6.54 Å². The highest BCUT2D eigenvalue weighted by atomic mass is 35.5. The lowest BCUT2D eigenvalue weighted by Crippen LogP contribution is -2.24. The Morgan fingerprint density at radius 2 is 1.70 bits per heavy atom. The molecule has 1 unspecified atom stereocenters. The van der Waals surface area contributed by atoms with Crippen molar-refractivity contribution in [1.82, 2.24) is 5.32 Å². The van der Waals surface area contributed by atoms with Crippen LogP contribution in [-0.4, -0.2) is 6.54 Å². The standard InChI is InChI=1S/C18H22ClN/c1-3-15-7-5-6-8-17(15)18(20-4-2)13-14-9-11-16(19)12-10-14/h5-12,18,20H,3-4,13H2,1-2H3. The molecule has 0 aromatic heterocycles. The molecule has 2 aromatic rings. The second-order valence-electron chi connectivity index (χ2n) is 4.99. The van der Waals surface area contributed by atoms with Crippen LogP contribution < -0.4 is 5.32 Å². The van der Waals surface area contributed by atoms with Crippen molar-refractivity contribution >= 4 is 11.6 Å². The highest BCUT2D eigenvalue weighted by Gasteiger charge is 2.13. The Morgan fingerprint density at radius 3 is 2.35 bits per heavy atom. The van der Waals surface area contributed by atoms with Gasteiger partial charge in [-0.05, 0) is 48.2 Å². The summed E-state index contributed by atoms with van der Waals surface area (Å²) in [4.78, 5) is 0. The van der Waals surface area contributed by atoms with Crippen LogP contribution in [-0.2, 0) is 12.8 Å². The Kier molecular flexibility index (Phi) is 5.63. The average molecular weight is 288 g/mol. The summed E-state index contributed by atoms with van der Waals surface area (Å²) in [6.45, 7) is 5.34. The fourth-order valence-corrected chi connectivity index (χ4v) is 2.72. The molecule has 0 heterocycles. The number of aryl methyl sites for hydroxylation is 1. The second kappa shape index (κ2) is 7.47. The van der Waals surface area contributed by atoms with Crippen LogP contribution in [0.25, 0.3) is 0 Å². The number of benzene rings is 2. The van der Waals surface area contributed by atoms with Gasteiger partial charge in [-0.3, -0.25) is 0 Å². The molecular formula is C18H22ClN. The predicted octanol–water partition coefficient (Wildman–Crippen LogP) is 4.80. The summed E-state index contributed by atoms with van der Waals surface area (Å²) in [6, 6.07) is 17.2. The van der Waals surface area contributed by atoms with Crippen LogP contribution in [0.4, 0.5) is 0 Å². The molecule has 0 bridgehead atoms. The fourth-order valence-electron chi connectivity index (χ4n) is 2.59. The van der Waals surface area contributed by atoms with Gasteiger partial charge in [0.2, 0.25) is 0 Å². The summed E-state index contributed by atoms with van der Waals surface area (Å²) < 4.78 is 0. The average Bonchev–Trinajstić information content (AvgIpc) is 2.49. The van der Waals surface area contributed by atoms with E-state index in [2.05, 4.69) is 55.6 Å². The van der Waals surface area contributed by atoms with Crippen LogP contribution in [0.5, 0.6) is 0 Å². The molecular weight excluding hydrogens is 266 g/mol. The van der Waals surface area contributed by atoms with Gasteiger partial charge in [-0.2, -0.15) is 0 Å². The maximum absolute atomic E-state index is 5.96. The summed E-state index contributed by atoms with van der Waals surface area (Å²) in [5, 5.41) is 4.40. The summed E-state index contributed by atoms with van der Waals surface area (Å²) in [6.07, 6.45) is 2.06. The smallest absolute Gasteiger partial charge is 0.0406 e. The Labute approximate surface area is 127 Å². The van der Waals surface area contributed by atoms with E-state index in [4.69, 9.17) is 11.6 Å². The molecule has 0 aliphatic carbocycles. The molecule has 0 spiro atoms. The number of hydrogen-bond acceptors (Lipinski definition) is 1. The van der Waals surface area contributed by atoms with Crippen LogP contribution in [0.3, 0.4) is 0 Å². The fraction of sp³-hybridized carbons (Fsp3) is 0.333. The van der Waals surface area contributed by atoms with E-state index in [9.17, 15) is 0 Å². The van der Waals surface area contributed by atoms with Crippen LogP contribution in [0, 0.1) is 0 Å². The third kappa shape index (κ3) is 3.84. The van der Waals surface area contributed by atoms with Crippen LogP contribution in [0.2, 0.25) is 5.02 Å². The molecule has 20 heavy (non-hydrogen) atoms. The zero-order valence-electron chi connectivity index (χ0n) is 12.2. The monoisotopic (exact) mass is 287 g/mol. The lowest BCUT2D eigenvalue weighted by atomic mass is 9.93. The predicted molar refractivity (Wildman–Crippen MR) is 87.4 cm³/mol. The van der Waals surface area contributed by atoms with Gasteiger partial charge in [-0.1, -0.05) is 61.8 Å². The molecule has 106 valence electrons. The zero-order valence-corrected chi connectivity index (χ0v) is 13.0. The van der Waals surface area contributed by atoms with Gasteiger partial charge in [0.15, 0.2) is 0 Å². The van der Waals surface area contributed by atoms with E-state index in [0.717, 1.165) is 24.4 Å². The molecule has 0 aliphatic heterocycles. The topological polar surface area (TPSA) is 12.0 Å². The van der Waals surface area contributed by atoms with E-state index < -0.39 is 0 Å². The second-order valence-corrected chi connectivity index (χ2v) is 5.43. The Morgan fingerprint density at radius 1 is 1.00 bits per heavy atom. The van der Waals surface area contributed by atoms with Gasteiger partial charge in [-0.25, -0.2) is 0 Å². The van der Waals surface area contributed by atoms with Gasteiger partial charge in [-0.15, -0.1) is 0 Å². The maximum Gasteiger partial charge on any atom is 0.0406 e. The molecule has 2 rings (SSSR count). The molecule has 0 saturated carbocycles. The molecule has 0 radical (unpaired) electrons. The zero-order chi connectivity index (χ0) is 14.4. The summed E-state index contributed by atoms with van der Waals surface area (Å²) in [5.41, 5.74) is 4.14. The van der Waals surface area contributed by atoms with Crippen LogP contribution >= 0.6 is 11.6 Å². The molecule has 0 saturated heterocycles. The largest absolute Gasteiger partial charge is 0.310 e. The first kappa shape index (κ1) is 15.1. The summed E-state index contributed by atoms with van der Waals surface area (Å²) >= 11 is 5.96. The van der Waals surface area contributed by atoms with Crippen molar-refractivity contribution in [2.45, 2.75) is 32.7 Å². The highest BCUT2D eigenvalue weighted by molar-refractivity contribution is 6.30. The molecule has 0 fully saturated rings. The van der Waals surface area contributed by atoms with Gasteiger partial charge in [0.25, 0.3) is 0 Å². The van der Waals surface area contributed by atoms with Gasteiger partial charge < -0.3 is 5.32 Å². The van der Waals surface area contributed by atoms with E-state index in [1.54, 1.807) is 0 Å². The Balaban J connectivity index is 2.24. The quantitative estimate of drug-likeness (QED) is 0.805. The maximum atomic E-state index is 5.96. The van der Waals surface area contributed by atoms with Crippen molar-refractivity contribution in [3.63, 3.8) is 0 Å². The third-order valence-electron chi connectivity index (χ3n) is 3.62. The number of halogens is 1. The number of nitrogens with one attached hydrogen (secondary N) is 1. The molecule has 0 amide bonds. The van der Waals surface area contributed by atoms with Crippen molar-refractivity contribution in [1.29, 1.82) is 0 Å². The van der Waals surface area contributed by atoms with Gasteiger partial charge >= 0.3 is 0 Å². The minimum atomic E-state index is 0.359. The minimum Gasteiger partial charge on any atom is -0.310 e. The van der Waals surface area contributed by atoms with Crippen molar-refractivity contribution in [2.24, 2.45) is 0 Å². The normalized spacial score (nSPS) is 12.3. The molecule has 1 N–H and O–H groups in total. The summed E-state index contributed by atoms with van der Waals surface area (Å²) in [7, 11) is 0. The lowest BCUT2D eigenvalue weighted by Gasteiger charge is -2.21. The van der Waals surface area contributed by atoms with Crippen LogP contribution in [0.15, 0.2) is 48.5 Å². The Bertz CT molecular complexity index is 533. The molecule has 2 aromatic carbocycles. The van der Waals surface area contributed by atoms with E-state index in [1.807, 2.05) is 12.1 Å². The van der Waals surface area contributed by atoms with Gasteiger partial charge in [0, 0.05) is 11.1 Å². The first-order valence-electron chi connectivity index (χ1n) is 7.30. The van der Waals surface area contributed by atoms with Gasteiger partial charge in [0.1, 0.15) is 0 Å². The van der Waals surface area contributed by atoms with E-state index in [1.165, 1.54) is 16.7 Å².